The molecule has 0 unspecified atom stereocenters. The molecule has 13 heteroatoms. The maximum absolute atomic E-state index is 14.6. The van der Waals surface area contributed by atoms with Crippen LogP contribution in [0.1, 0.15) is 53.2 Å². The zero-order valence-corrected chi connectivity index (χ0v) is 20.8. The number of halogens is 4. The predicted molar refractivity (Wildman–Crippen MR) is 133 cm³/mol. The summed E-state index contributed by atoms with van der Waals surface area (Å²) in [7, 11) is 0. The number of hydrogen-bond donors (Lipinski definition) is 2. The molecule has 0 aliphatic carbocycles. The van der Waals surface area contributed by atoms with Crippen molar-refractivity contribution in [2.45, 2.75) is 32.5 Å². The van der Waals surface area contributed by atoms with Crippen molar-refractivity contribution in [1.29, 1.82) is 0 Å². The van der Waals surface area contributed by atoms with E-state index >= 15 is 0 Å². The normalized spacial score (nSPS) is 15.6. The van der Waals surface area contributed by atoms with Gasteiger partial charge in [0.1, 0.15) is 27.5 Å². The van der Waals surface area contributed by atoms with E-state index in [1.54, 1.807) is 11.8 Å². The molecule has 5 heterocycles. The first-order valence-electron chi connectivity index (χ1n) is 11.0. The van der Waals surface area contributed by atoms with Crippen molar-refractivity contribution in [1.82, 2.24) is 19.4 Å². The van der Waals surface area contributed by atoms with Crippen molar-refractivity contribution < 1.29 is 18.7 Å². The number of carbonyl (C=O) groups is 1. The van der Waals surface area contributed by atoms with Gasteiger partial charge in [-0.3, -0.25) is 14.2 Å². The fourth-order valence-corrected chi connectivity index (χ4v) is 4.84. The lowest BCUT2D eigenvalue weighted by molar-refractivity contribution is 0.0691. The molecule has 9 nitrogen and oxygen atoms in total. The molecule has 5 rings (SSSR count). The average Bonchev–Trinajstić information content (AvgIpc) is 3.17. The summed E-state index contributed by atoms with van der Waals surface area (Å²) in [5.74, 6) is -2.38. The van der Waals surface area contributed by atoms with E-state index in [2.05, 4.69) is 20.3 Å². The highest BCUT2D eigenvalue weighted by molar-refractivity contribution is 6.32. The molecule has 37 heavy (non-hydrogen) atoms. The van der Waals surface area contributed by atoms with Crippen molar-refractivity contribution in [2.75, 3.05) is 10.2 Å². The minimum absolute atomic E-state index is 0.00517. The summed E-state index contributed by atoms with van der Waals surface area (Å²) in [4.78, 5) is 39.2. The molecule has 4 aromatic rings. The minimum Gasteiger partial charge on any atom is -0.476 e. The fourth-order valence-electron chi connectivity index (χ4n) is 4.45. The molecule has 0 fully saturated rings. The molecule has 0 bridgehead atoms. The first-order valence-corrected chi connectivity index (χ1v) is 11.8. The van der Waals surface area contributed by atoms with E-state index in [1.165, 1.54) is 24.3 Å². The van der Waals surface area contributed by atoms with Gasteiger partial charge in [0.05, 0.1) is 29.7 Å². The Morgan fingerprint density at radius 1 is 1.22 bits per heavy atom. The van der Waals surface area contributed by atoms with E-state index in [0.29, 0.717) is 11.3 Å². The zero-order chi connectivity index (χ0) is 26.6. The van der Waals surface area contributed by atoms with Crippen molar-refractivity contribution in [3.8, 4) is 0 Å². The molecule has 2 N–H and O–H groups in total. The fraction of sp³-hybridized carbons (Fsp3) is 0.208. The molecule has 2 atom stereocenters. The van der Waals surface area contributed by atoms with Gasteiger partial charge in [0.15, 0.2) is 11.5 Å². The first kappa shape index (κ1) is 24.8. The number of carboxylic acids is 1. The van der Waals surface area contributed by atoms with Crippen LogP contribution in [0.5, 0.6) is 0 Å². The molecule has 0 saturated heterocycles. The second kappa shape index (κ2) is 9.24. The third-order valence-corrected chi connectivity index (χ3v) is 6.73. The third kappa shape index (κ3) is 4.34. The topological polar surface area (TPSA) is 113 Å². The van der Waals surface area contributed by atoms with Crippen LogP contribution < -0.4 is 15.8 Å². The monoisotopic (exact) mass is 546 g/mol. The van der Waals surface area contributed by atoms with Crippen LogP contribution in [0.3, 0.4) is 0 Å². The Kier molecular flexibility index (Phi) is 6.20. The molecule has 1 aliphatic rings. The van der Waals surface area contributed by atoms with Gasteiger partial charge in [-0.25, -0.2) is 23.5 Å². The van der Waals surface area contributed by atoms with Gasteiger partial charge in [-0.05, 0) is 43.7 Å². The Balaban J connectivity index is 1.62. The lowest BCUT2D eigenvalue weighted by atomic mass is 10.1. The number of nitrogens with one attached hydrogen (secondary N) is 1. The number of aromatic nitrogens is 4. The maximum atomic E-state index is 14.6. The van der Waals surface area contributed by atoms with Crippen LogP contribution in [0.25, 0.3) is 5.65 Å². The highest BCUT2D eigenvalue weighted by atomic mass is 35.5. The predicted octanol–water partition coefficient (Wildman–Crippen LogP) is 5.02. The van der Waals surface area contributed by atoms with Crippen molar-refractivity contribution in [3.05, 3.63) is 91.3 Å². The summed E-state index contributed by atoms with van der Waals surface area (Å²) in [5.41, 5.74) is 0.747. The highest BCUT2D eigenvalue weighted by Gasteiger charge is 2.32. The van der Waals surface area contributed by atoms with Gasteiger partial charge in [0, 0.05) is 18.3 Å². The average molecular weight is 547 g/mol. The summed E-state index contributed by atoms with van der Waals surface area (Å²) in [6.07, 6.45) is 2.09. The van der Waals surface area contributed by atoms with Gasteiger partial charge in [-0.1, -0.05) is 23.2 Å². The zero-order valence-electron chi connectivity index (χ0n) is 19.3. The number of hydrogen-bond acceptors (Lipinski definition) is 7. The summed E-state index contributed by atoms with van der Waals surface area (Å²) in [6, 6.07) is 4.33. The molecule has 0 amide bonds. The van der Waals surface area contributed by atoms with Crippen LogP contribution in [0.4, 0.5) is 20.3 Å². The number of aromatic carboxylic acids is 1. The molecule has 0 aromatic carbocycles. The van der Waals surface area contributed by atoms with E-state index < -0.39 is 29.2 Å². The minimum atomic E-state index is -1.31. The number of fused-ring (bicyclic) bond motifs is 2. The summed E-state index contributed by atoms with van der Waals surface area (Å²) in [5, 5.41) is 12.3. The van der Waals surface area contributed by atoms with Crippen molar-refractivity contribution >= 4 is 46.3 Å². The van der Waals surface area contributed by atoms with Crippen molar-refractivity contribution in [3.63, 3.8) is 0 Å². The maximum Gasteiger partial charge on any atom is 0.356 e. The SMILES string of the molecule is C[C@@H]1c2ncc(F)cc2CN1c1nc2c([C@@H](C)Nc3ccc(Cl)nc3C(=O)O)cc(F)cn2c(=O)c1Cl. The third-order valence-electron chi connectivity index (χ3n) is 6.19. The Morgan fingerprint density at radius 3 is 2.70 bits per heavy atom. The second-order valence-corrected chi connectivity index (χ2v) is 9.33. The molecule has 0 radical (unpaired) electrons. The molecule has 190 valence electrons. The number of carboxylic acid groups (broad SMARTS) is 1. The largest absolute Gasteiger partial charge is 0.476 e. The standard InChI is InChI=1S/C24H18Cl2F2N6O3/c1-10(30-16-3-4-17(25)31-20(16)24(36)37)15-6-14(28)9-34-21(15)32-22(18(26)23(34)35)33-8-12-5-13(27)7-29-19(12)11(33)2/h3-7,9-11,30H,8H2,1-2H3,(H,36,37)/t10-,11-/m1/s1. The highest BCUT2D eigenvalue weighted by Crippen LogP contribution is 2.38. The molecule has 4 aromatic heterocycles. The van der Waals surface area contributed by atoms with E-state index in [9.17, 15) is 23.5 Å². The Bertz CT molecular complexity index is 1650. The number of rotatable bonds is 5. The summed E-state index contributed by atoms with van der Waals surface area (Å²) < 4.78 is 29.4. The van der Waals surface area contributed by atoms with Crippen LogP contribution in [-0.4, -0.2) is 30.4 Å². The van der Waals surface area contributed by atoms with E-state index in [-0.39, 0.29) is 51.2 Å². The van der Waals surface area contributed by atoms with Gasteiger partial charge < -0.3 is 15.3 Å². The van der Waals surface area contributed by atoms with Gasteiger partial charge in [-0.2, -0.15) is 0 Å². The lowest BCUT2D eigenvalue weighted by Gasteiger charge is -2.25. The van der Waals surface area contributed by atoms with Crippen molar-refractivity contribution in [2.24, 2.45) is 0 Å². The second-order valence-electron chi connectivity index (χ2n) is 8.56. The quantitative estimate of drug-likeness (QED) is 0.335. The molecular formula is C24H18Cl2F2N6O3. The summed E-state index contributed by atoms with van der Waals surface area (Å²) >= 11 is 12.3. The van der Waals surface area contributed by atoms with E-state index in [1.807, 2.05) is 6.92 Å². The van der Waals surface area contributed by atoms with Gasteiger partial charge in [0.2, 0.25) is 0 Å². The van der Waals surface area contributed by atoms with E-state index in [0.717, 1.165) is 16.8 Å². The molecule has 0 spiro atoms. The lowest BCUT2D eigenvalue weighted by Crippen LogP contribution is -2.27. The first-order chi connectivity index (χ1) is 17.5. The number of anilines is 2. The molecule has 0 saturated carbocycles. The number of nitrogens with zero attached hydrogens (tertiary/aromatic N) is 5. The van der Waals surface area contributed by atoms with Crippen LogP contribution in [0, 0.1) is 11.6 Å². The van der Waals surface area contributed by atoms with Crippen LogP contribution in [0.15, 0.2) is 41.5 Å². The van der Waals surface area contributed by atoms with Gasteiger partial charge >= 0.3 is 5.97 Å². The Hall–Kier alpha value is -3.83. The molecular weight excluding hydrogens is 529 g/mol. The van der Waals surface area contributed by atoms with E-state index in [4.69, 9.17) is 23.2 Å². The summed E-state index contributed by atoms with van der Waals surface area (Å²) in [6.45, 7) is 3.69. The van der Waals surface area contributed by atoms with Crippen LogP contribution in [-0.2, 0) is 6.54 Å². The van der Waals surface area contributed by atoms with Crippen LogP contribution >= 0.6 is 23.2 Å². The Morgan fingerprint density at radius 2 is 1.97 bits per heavy atom. The Labute approximate surface area is 218 Å². The van der Waals surface area contributed by atoms with Crippen LogP contribution in [0.2, 0.25) is 10.2 Å². The smallest absolute Gasteiger partial charge is 0.356 e. The van der Waals surface area contributed by atoms with Gasteiger partial charge in [-0.15, -0.1) is 0 Å². The molecule has 1 aliphatic heterocycles. The number of pyridine rings is 3. The van der Waals surface area contributed by atoms with Gasteiger partial charge in [0.25, 0.3) is 5.56 Å².